The Morgan fingerprint density at radius 3 is 3.06 bits per heavy atom. The largest absolute Gasteiger partial charge is 0.481 e. The van der Waals surface area contributed by atoms with Gasteiger partial charge in [-0.2, -0.15) is 0 Å². The third kappa shape index (κ3) is 3.43. The standard InChI is InChI=1S/C14H22N2O2/c1-17-13-7-3-6-12(9-13)16-10-11-5-4-8-15-14(11)18-2/h4-5,8,12-13,16H,3,6-7,9-10H2,1-2H3. The molecule has 2 unspecified atom stereocenters. The summed E-state index contributed by atoms with van der Waals surface area (Å²) in [4.78, 5) is 4.21. The van der Waals surface area contributed by atoms with E-state index in [1.165, 1.54) is 19.3 Å². The average Bonchev–Trinajstić information content (AvgIpc) is 2.45. The van der Waals surface area contributed by atoms with Crippen LogP contribution in [-0.2, 0) is 11.3 Å². The van der Waals surface area contributed by atoms with Crippen LogP contribution in [0.5, 0.6) is 5.88 Å². The lowest BCUT2D eigenvalue weighted by Crippen LogP contribution is -2.36. The molecule has 1 aromatic rings. The first kappa shape index (κ1) is 13.3. The highest BCUT2D eigenvalue weighted by Gasteiger charge is 2.21. The van der Waals surface area contributed by atoms with E-state index in [2.05, 4.69) is 16.4 Å². The Morgan fingerprint density at radius 2 is 2.28 bits per heavy atom. The van der Waals surface area contributed by atoms with E-state index in [-0.39, 0.29) is 0 Å². The lowest BCUT2D eigenvalue weighted by molar-refractivity contribution is 0.0586. The highest BCUT2D eigenvalue weighted by Crippen LogP contribution is 2.21. The Kier molecular flexibility index (Phi) is 4.96. The maximum Gasteiger partial charge on any atom is 0.217 e. The Hall–Kier alpha value is -1.13. The van der Waals surface area contributed by atoms with E-state index in [0.29, 0.717) is 18.0 Å². The molecule has 1 aromatic heterocycles. The molecule has 0 amide bonds. The zero-order valence-electron chi connectivity index (χ0n) is 11.2. The molecule has 1 aliphatic carbocycles. The van der Waals surface area contributed by atoms with E-state index in [0.717, 1.165) is 18.5 Å². The van der Waals surface area contributed by atoms with Crippen LogP contribution < -0.4 is 10.1 Å². The van der Waals surface area contributed by atoms with Crippen LogP contribution in [0.15, 0.2) is 18.3 Å². The molecule has 0 spiro atoms. The average molecular weight is 250 g/mol. The van der Waals surface area contributed by atoms with Crippen LogP contribution in [0, 0.1) is 0 Å². The summed E-state index contributed by atoms with van der Waals surface area (Å²) in [5.74, 6) is 0.712. The van der Waals surface area contributed by atoms with Crippen molar-refractivity contribution >= 4 is 0 Å². The molecule has 0 aliphatic heterocycles. The van der Waals surface area contributed by atoms with Gasteiger partial charge in [0, 0.05) is 31.5 Å². The topological polar surface area (TPSA) is 43.4 Å². The molecular formula is C14H22N2O2. The second-order valence-electron chi connectivity index (χ2n) is 4.77. The minimum absolute atomic E-state index is 0.409. The normalized spacial score (nSPS) is 23.9. The molecule has 4 nitrogen and oxygen atoms in total. The minimum atomic E-state index is 0.409. The van der Waals surface area contributed by atoms with Crippen LogP contribution in [-0.4, -0.2) is 31.3 Å². The van der Waals surface area contributed by atoms with Gasteiger partial charge in [0.25, 0.3) is 0 Å². The SMILES string of the molecule is COc1ncccc1CNC1CCCC(OC)C1. The summed E-state index contributed by atoms with van der Waals surface area (Å²) in [7, 11) is 3.46. The van der Waals surface area contributed by atoms with E-state index in [9.17, 15) is 0 Å². The van der Waals surface area contributed by atoms with Gasteiger partial charge in [0.15, 0.2) is 0 Å². The van der Waals surface area contributed by atoms with Crippen molar-refractivity contribution in [3.05, 3.63) is 23.9 Å². The molecule has 0 aromatic carbocycles. The molecule has 1 heterocycles. The van der Waals surface area contributed by atoms with Crippen molar-refractivity contribution in [1.29, 1.82) is 0 Å². The zero-order chi connectivity index (χ0) is 12.8. The predicted molar refractivity (Wildman–Crippen MR) is 70.7 cm³/mol. The van der Waals surface area contributed by atoms with Gasteiger partial charge in [0.05, 0.1) is 13.2 Å². The van der Waals surface area contributed by atoms with Crippen molar-refractivity contribution in [3.63, 3.8) is 0 Å². The maximum absolute atomic E-state index is 5.44. The Bertz CT molecular complexity index is 371. The number of methoxy groups -OCH3 is 2. The molecule has 1 N–H and O–H groups in total. The predicted octanol–water partition coefficient (Wildman–Crippen LogP) is 2.14. The van der Waals surface area contributed by atoms with Crippen molar-refractivity contribution < 1.29 is 9.47 Å². The molecule has 1 saturated carbocycles. The monoisotopic (exact) mass is 250 g/mol. The van der Waals surface area contributed by atoms with Gasteiger partial charge in [-0.3, -0.25) is 0 Å². The third-order valence-electron chi connectivity index (χ3n) is 3.58. The molecule has 1 fully saturated rings. The molecule has 2 rings (SSSR count). The molecule has 18 heavy (non-hydrogen) atoms. The van der Waals surface area contributed by atoms with E-state index >= 15 is 0 Å². The number of aromatic nitrogens is 1. The fraction of sp³-hybridized carbons (Fsp3) is 0.643. The van der Waals surface area contributed by atoms with Gasteiger partial charge in [0.2, 0.25) is 5.88 Å². The fourth-order valence-corrected chi connectivity index (χ4v) is 2.54. The molecule has 0 bridgehead atoms. The van der Waals surface area contributed by atoms with E-state index in [1.807, 2.05) is 6.07 Å². The lowest BCUT2D eigenvalue weighted by Gasteiger charge is -2.29. The summed E-state index contributed by atoms with van der Waals surface area (Å²) in [6.45, 7) is 0.804. The van der Waals surface area contributed by atoms with Crippen molar-refractivity contribution in [2.75, 3.05) is 14.2 Å². The van der Waals surface area contributed by atoms with Gasteiger partial charge in [-0.05, 0) is 31.7 Å². The van der Waals surface area contributed by atoms with Crippen LogP contribution in [0.2, 0.25) is 0 Å². The van der Waals surface area contributed by atoms with Gasteiger partial charge >= 0.3 is 0 Å². The third-order valence-corrected chi connectivity index (χ3v) is 3.58. The van der Waals surface area contributed by atoms with Crippen LogP contribution in [0.25, 0.3) is 0 Å². The summed E-state index contributed by atoms with van der Waals surface area (Å²) in [5.41, 5.74) is 1.11. The molecule has 100 valence electrons. The molecule has 2 atom stereocenters. The van der Waals surface area contributed by atoms with Gasteiger partial charge in [-0.15, -0.1) is 0 Å². The number of hydrogen-bond donors (Lipinski definition) is 1. The van der Waals surface area contributed by atoms with Crippen molar-refractivity contribution in [2.45, 2.75) is 44.4 Å². The van der Waals surface area contributed by atoms with Crippen molar-refractivity contribution in [1.82, 2.24) is 10.3 Å². The first-order valence-corrected chi connectivity index (χ1v) is 6.57. The Labute approximate surface area is 109 Å². The number of nitrogens with one attached hydrogen (secondary N) is 1. The number of pyridine rings is 1. The first-order valence-electron chi connectivity index (χ1n) is 6.57. The Morgan fingerprint density at radius 1 is 1.39 bits per heavy atom. The quantitative estimate of drug-likeness (QED) is 0.869. The van der Waals surface area contributed by atoms with E-state index < -0.39 is 0 Å². The van der Waals surface area contributed by atoms with Gasteiger partial charge in [-0.25, -0.2) is 4.98 Å². The second-order valence-corrected chi connectivity index (χ2v) is 4.77. The fourth-order valence-electron chi connectivity index (χ4n) is 2.54. The number of hydrogen-bond acceptors (Lipinski definition) is 4. The van der Waals surface area contributed by atoms with Crippen LogP contribution >= 0.6 is 0 Å². The van der Waals surface area contributed by atoms with Crippen LogP contribution in [0.3, 0.4) is 0 Å². The summed E-state index contributed by atoms with van der Waals surface area (Å²) < 4.78 is 10.7. The van der Waals surface area contributed by atoms with Crippen LogP contribution in [0.1, 0.15) is 31.2 Å². The minimum Gasteiger partial charge on any atom is -0.481 e. The number of ether oxygens (including phenoxy) is 2. The molecule has 0 saturated heterocycles. The molecule has 1 aliphatic rings. The first-order chi connectivity index (χ1) is 8.83. The molecule has 0 radical (unpaired) electrons. The number of nitrogens with zero attached hydrogens (tertiary/aromatic N) is 1. The van der Waals surface area contributed by atoms with E-state index in [1.54, 1.807) is 20.4 Å². The van der Waals surface area contributed by atoms with Gasteiger partial charge in [-0.1, -0.05) is 6.07 Å². The zero-order valence-corrected chi connectivity index (χ0v) is 11.2. The Balaban J connectivity index is 1.87. The highest BCUT2D eigenvalue weighted by atomic mass is 16.5. The number of rotatable bonds is 5. The van der Waals surface area contributed by atoms with E-state index in [4.69, 9.17) is 9.47 Å². The lowest BCUT2D eigenvalue weighted by atomic mass is 9.93. The molecular weight excluding hydrogens is 228 g/mol. The maximum atomic E-state index is 5.44. The second kappa shape index (κ2) is 6.71. The summed E-state index contributed by atoms with van der Waals surface area (Å²) in [5, 5.41) is 3.58. The van der Waals surface area contributed by atoms with Gasteiger partial charge < -0.3 is 14.8 Å². The van der Waals surface area contributed by atoms with Crippen molar-refractivity contribution in [3.8, 4) is 5.88 Å². The summed E-state index contributed by atoms with van der Waals surface area (Å²) in [6.07, 6.45) is 6.91. The highest BCUT2D eigenvalue weighted by molar-refractivity contribution is 5.25. The summed E-state index contributed by atoms with van der Waals surface area (Å²) in [6, 6.07) is 4.53. The smallest absolute Gasteiger partial charge is 0.217 e. The van der Waals surface area contributed by atoms with Gasteiger partial charge in [0.1, 0.15) is 0 Å². The molecule has 4 heteroatoms. The summed E-state index contributed by atoms with van der Waals surface area (Å²) >= 11 is 0. The van der Waals surface area contributed by atoms with Crippen molar-refractivity contribution in [2.24, 2.45) is 0 Å². The van der Waals surface area contributed by atoms with Crippen LogP contribution in [0.4, 0.5) is 0 Å².